The van der Waals surface area contributed by atoms with Crippen LogP contribution in [0.5, 0.6) is 0 Å². The molecule has 4 heteroatoms. The number of nitrogens with two attached hydrogens (primary N) is 1. The second kappa shape index (κ2) is 6.06. The lowest BCUT2D eigenvalue weighted by atomic mass is 9.70. The Balaban J connectivity index is 2.11. The molecular formula is C16H21N3O. The average molecular weight is 271 g/mol. The zero-order valence-electron chi connectivity index (χ0n) is 11.9. The lowest BCUT2D eigenvalue weighted by molar-refractivity contribution is -0.127. The van der Waals surface area contributed by atoms with Crippen molar-refractivity contribution >= 4 is 11.6 Å². The molecule has 0 saturated heterocycles. The molecule has 20 heavy (non-hydrogen) atoms. The van der Waals surface area contributed by atoms with Gasteiger partial charge in [0, 0.05) is 12.2 Å². The minimum absolute atomic E-state index is 0.0120. The summed E-state index contributed by atoms with van der Waals surface area (Å²) in [5.41, 5.74) is 6.64. The number of nitrogens with one attached hydrogen (secondary N) is 1. The van der Waals surface area contributed by atoms with E-state index in [0.717, 1.165) is 25.7 Å². The third-order valence-corrected chi connectivity index (χ3v) is 4.35. The highest BCUT2D eigenvalue weighted by Crippen LogP contribution is 2.39. The smallest absolute Gasteiger partial charge is 0.231 e. The number of anilines is 1. The predicted molar refractivity (Wildman–Crippen MR) is 78.9 cm³/mol. The molecule has 0 aromatic heterocycles. The van der Waals surface area contributed by atoms with Gasteiger partial charge in [0.2, 0.25) is 5.91 Å². The molecule has 0 bridgehead atoms. The van der Waals surface area contributed by atoms with E-state index in [1.807, 2.05) is 0 Å². The number of amides is 1. The topological polar surface area (TPSA) is 78.9 Å². The zero-order chi connectivity index (χ0) is 14.6. The van der Waals surface area contributed by atoms with Crippen LogP contribution in [0, 0.1) is 22.7 Å². The van der Waals surface area contributed by atoms with Crippen molar-refractivity contribution in [2.24, 2.45) is 17.1 Å². The van der Waals surface area contributed by atoms with E-state index < -0.39 is 5.41 Å². The third kappa shape index (κ3) is 3.00. The van der Waals surface area contributed by atoms with Gasteiger partial charge >= 0.3 is 0 Å². The Labute approximate surface area is 120 Å². The summed E-state index contributed by atoms with van der Waals surface area (Å²) < 4.78 is 0. The first kappa shape index (κ1) is 14.5. The number of hydrogen-bond donors (Lipinski definition) is 2. The molecular weight excluding hydrogens is 250 g/mol. The summed E-state index contributed by atoms with van der Waals surface area (Å²) in [6.07, 6.45) is 3.77. The Morgan fingerprint density at radius 1 is 1.50 bits per heavy atom. The van der Waals surface area contributed by atoms with Crippen molar-refractivity contribution in [3.05, 3.63) is 29.8 Å². The van der Waals surface area contributed by atoms with Crippen LogP contribution in [0.3, 0.4) is 0 Å². The van der Waals surface area contributed by atoms with E-state index in [-0.39, 0.29) is 5.91 Å². The van der Waals surface area contributed by atoms with Crippen molar-refractivity contribution in [1.29, 1.82) is 5.26 Å². The van der Waals surface area contributed by atoms with Gasteiger partial charge in [-0.1, -0.05) is 13.0 Å². The molecule has 1 saturated carbocycles. The maximum Gasteiger partial charge on any atom is 0.231 e. The Kier molecular flexibility index (Phi) is 4.41. The summed E-state index contributed by atoms with van der Waals surface area (Å²) in [7, 11) is 0. The summed E-state index contributed by atoms with van der Waals surface area (Å²) in [6.45, 7) is 2.60. The van der Waals surface area contributed by atoms with Gasteiger partial charge in [-0.15, -0.1) is 0 Å². The van der Waals surface area contributed by atoms with Crippen molar-refractivity contribution < 1.29 is 4.79 Å². The maximum absolute atomic E-state index is 12.6. The molecule has 4 nitrogen and oxygen atoms in total. The average Bonchev–Trinajstić information content (AvgIpc) is 2.48. The van der Waals surface area contributed by atoms with Crippen LogP contribution in [-0.2, 0) is 4.79 Å². The van der Waals surface area contributed by atoms with Crippen LogP contribution in [0.1, 0.15) is 38.2 Å². The monoisotopic (exact) mass is 271 g/mol. The fourth-order valence-corrected chi connectivity index (χ4v) is 2.77. The number of carbonyl (C=O) groups is 1. The number of hydrogen-bond acceptors (Lipinski definition) is 3. The van der Waals surface area contributed by atoms with Gasteiger partial charge in [0.1, 0.15) is 0 Å². The number of rotatable bonds is 3. The minimum Gasteiger partial charge on any atom is -0.329 e. The maximum atomic E-state index is 12.6. The van der Waals surface area contributed by atoms with Gasteiger partial charge < -0.3 is 11.1 Å². The van der Waals surface area contributed by atoms with E-state index in [0.29, 0.717) is 23.7 Å². The number of benzene rings is 1. The van der Waals surface area contributed by atoms with Crippen LogP contribution in [0.15, 0.2) is 24.3 Å². The number of nitrogens with zero attached hydrogens (tertiary/aromatic N) is 1. The van der Waals surface area contributed by atoms with E-state index >= 15 is 0 Å². The van der Waals surface area contributed by atoms with Crippen LogP contribution in [-0.4, -0.2) is 12.5 Å². The Morgan fingerprint density at radius 2 is 2.20 bits per heavy atom. The van der Waals surface area contributed by atoms with Gasteiger partial charge in [-0.2, -0.15) is 5.26 Å². The van der Waals surface area contributed by atoms with Crippen molar-refractivity contribution in [1.82, 2.24) is 0 Å². The molecule has 0 radical (unpaired) electrons. The zero-order valence-corrected chi connectivity index (χ0v) is 11.9. The Hall–Kier alpha value is -1.86. The van der Waals surface area contributed by atoms with E-state index in [2.05, 4.69) is 18.3 Å². The summed E-state index contributed by atoms with van der Waals surface area (Å²) in [5.74, 6) is 0.659. The van der Waals surface area contributed by atoms with Crippen LogP contribution in [0.2, 0.25) is 0 Å². The van der Waals surface area contributed by atoms with Crippen molar-refractivity contribution in [2.45, 2.75) is 32.6 Å². The lowest BCUT2D eigenvalue weighted by Gasteiger charge is -2.37. The van der Waals surface area contributed by atoms with E-state index in [4.69, 9.17) is 11.0 Å². The van der Waals surface area contributed by atoms with Crippen molar-refractivity contribution in [3.63, 3.8) is 0 Å². The predicted octanol–water partition coefficient (Wildman–Crippen LogP) is 2.65. The molecule has 1 aliphatic carbocycles. The summed E-state index contributed by atoms with van der Waals surface area (Å²) in [5, 5.41) is 11.8. The second-order valence-corrected chi connectivity index (χ2v) is 5.81. The van der Waals surface area contributed by atoms with E-state index in [9.17, 15) is 4.79 Å². The van der Waals surface area contributed by atoms with Crippen LogP contribution < -0.4 is 11.1 Å². The fourth-order valence-electron chi connectivity index (χ4n) is 2.77. The SMILES string of the molecule is CC1CCC(CN)(C(=O)Nc2cccc(C#N)c2)CC1. The molecule has 0 aliphatic heterocycles. The third-order valence-electron chi connectivity index (χ3n) is 4.35. The Bertz CT molecular complexity index is 525. The number of nitriles is 1. The summed E-state index contributed by atoms with van der Waals surface area (Å²) >= 11 is 0. The van der Waals surface area contributed by atoms with Gasteiger partial charge in [-0.25, -0.2) is 0 Å². The highest BCUT2D eigenvalue weighted by molar-refractivity contribution is 5.95. The first-order valence-corrected chi connectivity index (χ1v) is 7.11. The minimum atomic E-state index is -0.449. The van der Waals surface area contributed by atoms with Gasteiger partial charge in [0.05, 0.1) is 17.0 Å². The molecule has 1 amide bonds. The molecule has 0 heterocycles. The standard InChI is InChI=1S/C16H21N3O/c1-12-5-7-16(11-18,8-6-12)15(20)19-14-4-2-3-13(9-14)10-17/h2-4,9,12H,5-8,11,18H2,1H3,(H,19,20). The molecule has 106 valence electrons. The highest BCUT2D eigenvalue weighted by atomic mass is 16.2. The van der Waals surface area contributed by atoms with Gasteiger partial charge in [-0.3, -0.25) is 4.79 Å². The fraction of sp³-hybridized carbons (Fsp3) is 0.500. The van der Waals surface area contributed by atoms with Crippen LogP contribution in [0.25, 0.3) is 0 Å². The van der Waals surface area contributed by atoms with Crippen LogP contribution >= 0.6 is 0 Å². The molecule has 3 N–H and O–H groups in total. The highest BCUT2D eigenvalue weighted by Gasteiger charge is 2.39. The van der Waals surface area contributed by atoms with Gasteiger partial charge in [-0.05, 0) is 49.8 Å². The Morgan fingerprint density at radius 3 is 2.80 bits per heavy atom. The van der Waals surface area contributed by atoms with E-state index in [1.54, 1.807) is 24.3 Å². The molecule has 2 rings (SSSR count). The van der Waals surface area contributed by atoms with Gasteiger partial charge in [0.25, 0.3) is 0 Å². The molecule has 0 spiro atoms. The van der Waals surface area contributed by atoms with Crippen LogP contribution in [0.4, 0.5) is 5.69 Å². The van der Waals surface area contributed by atoms with Gasteiger partial charge in [0.15, 0.2) is 0 Å². The van der Waals surface area contributed by atoms with Crippen molar-refractivity contribution in [3.8, 4) is 6.07 Å². The first-order valence-electron chi connectivity index (χ1n) is 7.11. The van der Waals surface area contributed by atoms with E-state index in [1.165, 1.54) is 0 Å². The molecule has 1 aromatic carbocycles. The molecule has 0 atom stereocenters. The normalized spacial score (nSPS) is 25.8. The quantitative estimate of drug-likeness (QED) is 0.887. The largest absolute Gasteiger partial charge is 0.329 e. The molecule has 1 aliphatic rings. The lowest BCUT2D eigenvalue weighted by Crippen LogP contribution is -2.44. The molecule has 1 aromatic rings. The molecule has 1 fully saturated rings. The van der Waals surface area contributed by atoms with Crippen molar-refractivity contribution in [2.75, 3.05) is 11.9 Å². The molecule has 0 unspecified atom stereocenters. The number of carbonyl (C=O) groups excluding carboxylic acids is 1. The summed E-state index contributed by atoms with van der Waals surface area (Å²) in [6, 6.07) is 9.05. The second-order valence-electron chi connectivity index (χ2n) is 5.81. The summed E-state index contributed by atoms with van der Waals surface area (Å²) in [4.78, 5) is 12.6. The first-order chi connectivity index (χ1) is 9.59.